The summed E-state index contributed by atoms with van der Waals surface area (Å²) in [5, 5.41) is 18.1. The van der Waals surface area contributed by atoms with Crippen molar-refractivity contribution in [2.24, 2.45) is 10.2 Å². The van der Waals surface area contributed by atoms with Gasteiger partial charge in [-0.1, -0.05) is 6.42 Å². The van der Waals surface area contributed by atoms with E-state index in [4.69, 9.17) is 5.53 Å². The average Bonchev–Trinajstić information content (AvgIpc) is 2.68. The summed E-state index contributed by atoms with van der Waals surface area (Å²) in [5.41, 5.74) is 9.33. The molecule has 0 spiro atoms. The van der Waals surface area contributed by atoms with Gasteiger partial charge >= 0.3 is 0 Å². The summed E-state index contributed by atoms with van der Waals surface area (Å²) in [5.74, 6) is 0.0792. The highest BCUT2D eigenvalue weighted by Gasteiger charge is 2.09. The molecule has 0 saturated heterocycles. The highest BCUT2D eigenvalue weighted by Crippen LogP contribution is 2.15. The molecule has 1 heterocycles. The number of nitrogens with zero attached hydrogens (tertiary/aromatic N) is 8. The van der Waals surface area contributed by atoms with Crippen LogP contribution in [-0.4, -0.2) is 26.0 Å². The van der Waals surface area contributed by atoms with E-state index >= 15 is 0 Å². The standard InChI is InChI=1S/C7H10N8/c8-12-9-7-10-13-14-15(7)11-6-4-2-1-3-5-6/h1-5H2. The Morgan fingerprint density at radius 2 is 2.07 bits per heavy atom. The van der Waals surface area contributed by atoms with E-state index in [-0.39, 0.29) is 5.95 Å². The minimum absolute atomic E-state index is 0.0792. The lowest BCUT2D eigenvalue weighted by Crippen LogP contribution is -2.07. The minimum atomic E-state index is 0.0792. The SMILES string of the molecule is [N-]=[N+]=Nc1nnnn1N=C1CCCCC1. The molecule has 1 aliphatic rings. The first-order valence-corrected chi connectivity index (χ1v) is 4.80. The van der Waals surface area contributed by atoms with Crippen LogP contribution in [0.15, 0.2) is 10.2 Å². The summed E-state index contributed by atoms with van der Waals surface area (Å²) in [6, 6.07) is 0. The van der Waals surface area contributed by atoms with Crippen molar-refractivity contribution in [1.29, 1.82) is 0 Å². The van der Waals surface area contributed by atoms with Gasteiger partial charge in [0.1, 0.15) is 0 Å². The Morgan fingerprint density at radius 3 is 2.80 bits per heavy atom. The van der Waals surface area contributed by atoms with Crippen LogP contribution in [0.2, 0.25) is 0 Å². The van der Waals surface area contributed by atoms with E-state index in [2.05, 4.69) is 30.7 Å². The largest absolute Gasteiger partial charge is 0.263 e. The van der Waals surface area contributed by atoms with Crippen LogP contribution in [0, 0.1) is 0 Å². The van der Waals surface area contributed by atoms with Gasteiger partial charge < -0.3 is 0 Å². The molecule has 2 rings (SSSR count). The Balaban J connectivity index is 2.21. The molecular weight excluding hydrogens is 196 g/mol. The fourth-order valence-electron chi connectivity index (χ4n) is 1.54. The normalized spacial score (nSPS) is 15.9. The lowest BCUT2D eigenvalue weighted by atomic mass is 9.99. The maximum atomic E-state index is 8.27. The van der Waals surface area contributed by atoms with Gasteiger partial charge in [-0.3, -0.25) is 0 Å². The van der Waals surface area contributed by atoms with E-state index in [1.807, 2.05) is 0 Å². The first-order valence-electron chi connectivity index (χ1n) is 4.80. The molecule has 1 fully saturated rings. The Hall–Kier alpha value is -1.95. The van der Waals surface area contributed by atoms with E-state index in [1.54, 1.807) is 0 Å². The van der Waals surface area contributed by atoms with Crippen LogP contribution >= 0.6 is 0 Å². The monoisotopic (exact) mass is 206 g/mol. The van der Waals surface area contributed by atoms with Crippen molar-refractivity contribution >= 4 is 11.7 Å². The van der Waals surface area contributed by atoms with Gasteiger partial charge in [-0.25, -0.2) is 0 Å². The van der Waals surface area contributed by atoms with Crippen LogP contribution in [-0.2, 0) is 0 Å². The predicted octanol–water partition coefficient (Wildman–Crippen LogP) is 1.78. The zero-order valence-electron chi connectivity index (χ0n) is 8.11. The summed E-state index contributed by atoms with van der Waals surface area (Å²) in [6.07, 6.45) is 5.48. The number of hydrogen-bond acceptors (Lipinski definition) is 5. The van der Waals surface area contributed by atoms with E-state index < -0.39 is 0 Å². The Labute approximate surface area is 85.6 Å². The summed E-state index contributed by atoms with van der Waals surface area (Å²) < 4.78 is 0. The van der Waals surface area contributed by atoms with Crippen LogP contribution in [0.5, 0.6) is 0 Å². The van der Waals surface area contributed by atoms with Crippen LogP contribution in [0.3, 0.4) is 0 Å². The molecule has 1 aliphatic carbocycles. The maximum Gasteiger partial charge on any atom is 0.263 e. The molecule has 1 saturated carbocycles. The van der Waals surface area contributed by atoms with Crippen molar-refractivity contribution in [2.45, 2.75) is 32.1 Å². The Kier molecular flexibility index (Phi) is 2.89. The second-order valence-corrected chi connectivity index (χ2v) is 3.28. The van der Waals surface area contributed by atoms with Gasteiger partial charge in [0.2, 0.25) is 0 Å². The molecule has 8 nitrogen and oxygen atoms in total. The lowest BCUT2D eigenvalue weighted by Gasteiger charge is -2.11. The van der Waals surface area contributed by atoms with Gasteiger partial charge in [-0.05, 0) is 46.8 Å². The summed E-state index contributed by atoms with van der Waals surface area (Å²) in [7, 11) is 0. The molecule has 0 aromatic carbocycles. The molecule has 0 N–H and O–H groups in total. The molecule has 15 heavy (non-hydrogen) atoms. The zero-order valence-corrected chi connectivity index (χ0v) is 8.11. The summed E-state index contributed by atoms with van der Waals surface area (Å²) in [6.45, 7) is 0. The van der Waals surface area contributed by atoms with Crippen LogP contribution < -0.4 is 0 Å². The number of aromatic nitrogens is 4. The van der Waals surface area contributed by atoms with Crippen molar-refractivity contribution in [3.05, 3.63) is 10.4 Å². The van der Waals surface area contributed by atoms with Crippen LogP contribution in [0.4, 0.5) is 5.95 Å². The highest BCUT2D eigenvalue weighted by molar-refractivity contribution is 5.84. The molecule has 0 bridgehead atoms. The number of azide groups is 1. The van der Waals surface area contributed by atoms with E-state index in [1.165, 1.54) is 11.2 Å². The van der Waals surface area contributed by atoms with Gasteiger partial charge in [0.25, 0.3) is 5.95 Å². The topological polar surface area (TPSA) is 105 Å². The molecule has 0 atom stereocenters. The van der Waals surface area contributed by atoms with Crippen molar-refractivity contribution in [2.75, 3.05) is 0 Å². The van der Waals surface area contributed by atoms with Gasteiger partial charge in [-0.15, -0.1) is 9.89 Å². The van der Waals surface area contributed by atoms with Crippen molar-refractivity contribution in [1.82, 2.24) is 20.3 Å². The van der Waals surface area contributed by atoms with Gasteiger partial charge in [0.05, 0.1) is 0 Å². The van der Waals surface area contributed by atoms with E-state index in [0.29, 0.717) is 0 Å². The molecule has 8 heteroatoms. The Bertz CT molecular complexity index is 404. The third-order valence-corrected chi connectivity index (χ3v) is 2.24. The Morgan fingerprint density at radius 1 is 1.27 bits per heavy atom. The number of hydrogen-bond donors (Lipinski definition) is 0. The first kappa shape index (κ1) is 9.60. The van der Waals surface area contributed by atoms with Crippen molar-refractivity contribution in [3.8, 4) is 0 Å². The van der Waals surface area contributed by atoms with Gasteiger partial charge in [0, 0.05) is 10.6 Å². The van der Waals surface area contributed by atoms with Crippen molar-refractivity contribution in [3.63, 3.8) is 0 Å². The molecule has 0 aliphatic heterocycles. The molecule has 0 amide bonds. The molecule has 0 unspecified atom stereocenters. The molecule has 1 aromatic heterocycles. The van der Waals surface area contributed by atoms with Gasteiger partial charge in [0.15, 0.2) is 0 Å². The van der Waals surface area contributed by atoms with Crippen molar-refractivity contribution < 1.29 is 0 Å². The van der Waals surface area contributed by atoms with E-state index in [9.17, 15) is 0 Å². The van der Waals surface area contributed by atoms with Crippen LogP contribution in [0.1, 0.15) is 32.1 Å². The maximum absolute atomic E-state index is 8.27. The number of rotatable bonds is 2. The second-order valence-electron chi connectivity index (χ2n) is 3.28. The quantitative estimate of drug-likeness (QED) is 0.418. The zero-order chi connectivity index (χ0) is 10.5. The van der Waals surface area contributed by atoms with Gasteiger partial charge in [-0.2, -0.15) is 5.10 Å². The second kappa shape index (κ2) is 4.52. The molecular formula is C7H10N8. The lowest BCUT2D eigenvalue weighted by molar-refractivity contribution is 0.635. The highest BCUT2D eigenvalue weighted by atomic mass is 15.7. The minimum Gasteiger partial charge on any atom is -0.157 e. The number of tetrazole rings is 1. The summed E-state index contributed by atoms with van der Waals surface area (Å²) >= 11 is 0. The predicted molar refractivity (Wildman–Crippen MR) is 52.5 cm³/mol. The fraction of sp³-hybridized carbons (Fsp3) is 0.714. The molecule has 78 valence electrons. The average molecular weight is 206 g/mol. The third kappa shape index (κ3) is 2.29. The smallest absolute Gasteiger partial charge is 0.157 e. The summed E-state index contributed by atoms with van der Waals surface area (Å²) in [4.78, 5) is 3.81. The third-order valence-electron chi connectivity index (χ3n) is 2.24. The molecule has 0 radical (unpaired) electrons. The first-order chi connectivity index (χ1) is 7.40. The molecule has 1 aromatic rings. The van der Waals surface area contributed by atoms with Crippen LogP contribution in [0.25, 0.3) is 10.4 Å². The fourth-order valence-corrected chi connectivity index (χ4v) is 1.54. The van der Waals surface area contributed by atoms with E-state index in [0.717, 1.165) is 31.4 Å².